The van der Waals surface area contributed by atoms with Crippen molar-refractivity contribution in [1.29, 1.82) is 0 Å². The van der Waals surface area contributed by atoms with Crippen LogP contribution in [-0.2, 0) is 27.8 Å². The molecule has 0 amide bonds. The van der Waals surface area contributed by atoms with Crippen molar-refractivity contribution in [2.75, 3.05) is 0 Å². The summed E-state index contributed by atoms with van der Waals surface area (Å²) in [4.78, 5) is 0. The first-order valence-electron chi connectivity index (χ1n) is 0.698. The van der Waals surface area contributed by atoms with E-state index in [2.05, 4.69) is 0 Å². The van der Waals surface area contributed by atoms with Gasteiger partial charge in [-0.05, 0) is 0 Å². The largest absolute Gasteiger partial charge is 0.394 e. The maximum atomic E-state index is 8.74. The molecule has 0 unspecified atom stereocenters. The Morgan fingerprint density at radius 3 is 1.14 bits per heavy atom. The fourth-order valence-electron chi connectivity index (χ4n) is 0. The molecule has 7 heteroatoms. The summed E-state index contributed by atoms with van der Waals surface area (Å²) in [6.45, 7) is 0. The Bertz CT molecular complexity index is 94.9. The molecule has 0 rings (SSSR count). The van der Waals surface area contributed by atoms with Gasteiger partial charge in [0, 0.05) is 68.7 Å². The Balaban J connectivity index is -0.0000000800. The molecule has 0 saturated heterocycles. The second-order valence-electron chi connectivity index (χ2n) is 0.448. The Hall–Kier alpha value is 2.04. The standard InChI is InChI=1S/Cr.K.H2O4S/c;;1-5(2,3)4/h;;(H2,1,2,3,4). The van der Waals surface area contributed by atoms with Crippen molar-refractivity contribution < 1.29 is 34.9 Å². The average Bonchev–Trinajstić information content (AvgIpc) is 0.722. The molecule has 2 N–H and O–H groups in total. The van der Waals surface area contributed by atoms with Crippen molar-refractivity contribution in [3.05, 3.63) is 0 Å². The number of hydrogen-bond acceptors (Lipinski definition) is 2. The molecule has 0 aliphatic rings. The van der Waals surface area contributed by atoms with E-state index in [1.165, 1.54) is 0 Å². The number of hydrogen-bond donors (Lipinski definition) is 2. The molecule has 0 fully saturated rings. The molecule has 0 aliphatic carbocycles. The van der Waals surface area contributed by atoms with Crippen LogP contribution in [-0.4, -0.2) is 68.9 Å². The molecule has 7 heavy (non-hydrogen) atoms. The van der Waals surface area contributed by atoms with Crippen molar-refractivity contribution in [2.24, 2.45) is 0 Å². The van der Waals surface area contributed by atoms with E-state index in [1.807, 2.05) is 0 Å². The van der Waals surface area contributed by atoms with Crippen LogP contribution in [0.2, 0.25) is 0 Å². The first-order chi connectivity index (χ1) is 2.00. The first-order valence-corrected chi connectivity index (χ1v) is 2.10. The fraction of sp³-hybridized carbons (Fsp3) is 0. The molecular weight excluding hydrogens is 187 g/mol. The molecule has 0 bridgehead atoms. The van der Waals surface area contributed by atoms with E-state index in [0.29, 0.717) is 0 Å². The van der Waals surface area contributed by atoms with Gasteiger partial charge in [0.2, 0.25) is 0 Å². The van der Waals surface area contributed by atoms with Crippen molar-refractivity contribution >= 4 is 61.8 Å². The van der Waals surface area contributed by atoms with Crippen molar-refractivity contribution in [1.82, 2.24) is 0 Å². The zero-order valence-corrected chi connectivity index (χ0v) is 8.74. The number of rotatable bonds is 0. The van der Waals surface area contributed by atoms with Crippen LogP contribution in [0.15, 0.2) is 0 Å². The summed E-state index contributed by atoms with van der Waals surface area (Å²) in [5.74, 6) is 0. The maximum absolute atomic E-state index is 8.74. The minimum atomic E-state index is -4.67. The summed E-state index contributed by atoms with van der Waals surface area (Å²) < 4.78 is 31.6. The van der Waals surface area contributed by atoms with Crippen LogP contribution in [0.3, 0.4) is 0 Å². The van der Waals surface area contributed by atoms with Gasteiger partial charge in [0.25, 0.3) is 0 Å². The van der Waals surface area contributed by atoms with E-state index in [4.69, 9.17) is 17.5 Å². The van der Waals surface area contributed by atoms with Crippen molar-refractivity contribution in [3.8, 4) is 0 Å². The molecule has 1 radical (unpaired) electrons. The quantitative estimate of drug-likeness (QED) is 0.377. The van der Waals surface area contributed by atoms with Gasteiger partial charge >= 0.3 is 10.4 Å². The minimum Gasteiger partial charge on any atom is -0.264 e. The zero-order valence-electron chi connectivity index (χ0n) is 3.53. The molecule has 0 spiro atoms. The Morgan fingerprint density at radius 1 is 1.14 bits per heavy atom. The minimum absolute atomic E-state index is 0. The molecule has 0 atom stereocenters. The molecule has 39 valence electrons. The van der Waals surface area contributed by atoms with Crippen LogP contribution in [0.4, 0.5) is 0 Å². The van der Waals surface area contributed by atoms with E-state index < -0.39 is 10.4 Å². The van der Waals surface area contributed by atoms with Crippen LogP contribution in [0, 0.1) is 0 Å². The summed E-state index contributed by atoms with van der Waals surface area (Å²) in [5, 5.41) is 0. The van der Waals surface area contributed by atoms with Gasteiger partial charge < -0.3 is 0 Å². The molecule has 0 aromatic carbocycles. The van der Waals surface area contributed by atoms with E-state index in [1.54, 1.807) is 0 Å². The molecule has 0 aliphatic heterocycles. The van der Waals surface area contributed by atoms with Gasteiger partial charge in [-0.15, -0.1) is 0 Å². The topological polar surface area (TPSA) is 74.6 Å². The zero-order chi connectivity index (χ0) is 4.50. The van der Waals surface area contributed by atoms with Gasteiger partial charge in [-0.2, -0.15) is 8.42 Å². The van der Waals surface area contributed by atoms with Crippen LogP contribution < -0.4 is 0 Å². The third-order valence-electron chi connectivity index (χ3n) is 0. The predicted octanol–water partition coefficient (Wildman–Crippen LogP) is -1.04. The molecule has 0 heterocycles. The molecule has 4 nitrogen and oxygen atoms in total. The van der Waals surface area contributed by atoms with E-state index in [9.17, 15) is 0 Å². The van der Waals surface area contributed by atoms with E-state index in [0.717, 1.165) is 0 Å². The monoisotopic (exact) mass is 189 g/mol. The second-order valence-corrected chi connectivity index (χ2v) is 1.34. The summed E-state index contributed by atoms with van der Waals surface area (Å²) in [6.07, 6.45) is 0. The van der Waals surface area contributed by atoms with Crippen LogP contribution in [0.5, 0.6) is 0 Å². The summed E-state index contributed by atoms with van der Waals surface area (Å²) in [5.41, 5.74) is 0. The first kappa shape index (κ1) is 16.0. The van der Waals surface area contributed by atoms with Gasteiger partial charge in [-0.25, -0.2) is 0 Å². The van der Waals surface area contributed by atoms with Gasteiger partial charge in [0.1, 0.15) is 0 Å². The van der Waals surface area contributed by atoms with Crippen LogP contribution in [0.1, 0.15) is 0 Å². The molecule has 0 saturated carbocycles. The maximum Gasteiger partial charge on any atom is 0.394 e. The molecule has 0 aromatic rings. The fourth-order valence-corrected chi connectivity index (χ4v) is 0. The van der Waals surface area contributed by atoms with Gasteiger partial charge in [-0.1, -0.05) is 0 Å². The van der Waals surface area contributed by atoms with Gasteiger partial charge in [0.15, 0.2) is 0 Å². The van der Waals surface area contributed by atoms with E-state index in [-0.39, 0.29) is 68.7 Å². The third kappa shape index (κ3) is 70.5. The third-order valence-corrected chi connectivity index (χ3v) is 0. The molecular formula is H2CrKO4S. The summed E-state index contributed by atoms with van der Waals surface area (Å²) in [6, 6.07) is 0. The second kappa shape index (κ2) is 6.16. The van der Waals surface area contributed by atoms with Gasteiger partial charge in [-0.3, -0.25) is 9.11 Å². The predicted molar refractivity (Wildman–Crippen MR) is 19.9 cm³/mol. The smallest absolute Gasteiger partial charge is 0.264 e. The van der Waals surface area contributed by atoms with Crippen LogP contribution >= 0.6 is 0 Å². The normalized spacial score (nSPS) is 8.29. The summed E-state index contributed by atoms with van der Waals surface area (Å²) >= 11 is 0. The van der Waals surface area contributed by atoms with Crippen LogP contribution in [0.25, 0.3) is 0 Å². The summed E-state index contributed by atoms with van der Waals surface area (Å²) in [7, 11) is -4.67. The van der Waals surface area contributed by atoms with E-state index >= 15 is 0 Å². The Kier molecular flexibility index (Phi) is 14.1. The van der Waals surface area contributed by atoms with Gasteiger partial charge in [0.05, 0.1) is 0 Å². The Morgan fingerprint density at radius 2 is 1.14 bits per heavy atom. The molecule has 0 aromatic heterocycles. The van der Waals surface area contributed by atoms with Crippen molar-refractivity contribution in [3.63, 3.8) is 0 Å². The Labute approximate surface area is 94.8 Å². The average molecular weight is 189 g/mol. The van der Waals surface area contributed by atoms with Crippen molar-refractivity contribution in [2.45, 2.75) is 0 Å². The SMILES string of the molecule is O=S(=O)(O)O.[Cr].[K].